The first-order valence-corrected chi connectivity index (χ1v) is 7.43. The zero-order chi connectivity index (χ0) is 19.3. The molecule has 0 atom stereocenters. The Bertz CT molecular complexity index is 867. The summed E-state index contributed by atoms with van der Waals surface area (Å²) < 4.78 is 10.0. The zero-order valence-electron chi connectivity index (χ0n) is 13.9. The molecule has 10 heteroatoms. The number of para-hydroxylation sites is 2. The van der Waals surface area contributed by atoms with Crippen molar-refractivity contribution in [2.75, 3.05) is 19.0 Å². The van der Waals surface area contributed by atoms with Gasteiger partial charge in [-0.05, 0) is 19.1 Å². The minimum Gasteiger partial charge on any atom is -0.495 e. The Morgan fingerprint density at radius 2 is 1.85 bits per heavy atom. The number of carbonyl (C=O) groups is 1. The molecule has 26 heavy (non-hydrogen) atoms. The maximum Gasteiger partial charge on any atom is 0.340 e. The Morgan fingerprint density at radius 3 is 2.42 bits per heavy atom. The molecule has 0 bridgehead atoms. The molecule has 2 aromatic carbocycles. The van der Waals surface area contributed by atoms with Crippen molar-refractivity contribution in [1.29, 1.82) is 0 Å². The average molecular weight is 361 g/mol. The number of benzene rings is 2. The van der Waals surface area contributed by atoms with Crippen molar-refractivity contribution >= 4 is 28.7 Å². The van der Waals surface area contributed by atoms with Crippen LogP contribution in [0.4, 0.5) is 22.7 Å². The second kappa shape index (κ2) is 7.92. The summed E-state index contributed by atoms with van der Waals surface area (Å²) in [6.07, 6.45) is 0. The van der Waals surface area contributed by atoms with E-state index in [9.17, 15) is 25.0 Å². The molecular weight excluding hydrogens is 346 g/mol. The SMILES string of the molecule is CCOC(=O)c1cc([N+](=O)[O-])cc([N+](=O)[O-])c1Nc1ccccc1OC. The van der Waals surface area contributed by atoms with E-state index in [1.165, 1.54) is 7.11 Å². The van der Waals surface area contributed by atoms with Gasteiger partial charge in [0.15, 0.2) is 0 Å². The number of hydrogen-bond acceptors (Lipinski definition) is 8. The molecule has 0 spiro atoms. The Kier molecular flexibility index (Phi) is 5.68. The molecule has 0 aliphatic rings. The van der Waals surface area contributed by atoms with Crippen LogP contribution < -0.4 is 10.1 Å². The third-order valence-electron chi connectivity index (χ3n) is 3.37. The van der Waals surface area contributed by atoms with Crippen LogP contribution in [0.15, 0.2) is 36.4 Å². The fraction of sp³-hybridized carbons (Fsp3) is 0.188. The minimum atomic E-state index is -0.920. The quantitative estimate of drug-likeness (QED) is 0.450. The lowest BCUT2D eigenvalue weighted by Crippen LogP contribution is -2.11. The van der Waals surface area contributed by atoms with E-state index in [-0.39, 0.29) is 17.9 Å². The van der Waals surface area contributed by atoms with Crippen LogP contribution in [0.1, 0.15) is 17.3 Å². The fourth-order valence-corrected chi connectivity index (χ4v) is 2.25. The predicted molar refractivity (Wildman–Crippen MR) is 92.0 cm³/mol. The van der Waals surface area contributed by atoms with Crippen molar-refractivity contribution in [3.05, 3.63) is 62.2 Å². The summed E-state index contributed by atoms with van der Waals surface area (Å²) in [5.74, 6) is -0.549. The van der Waals surface area contributed by atoms with E-state index in [1.807, 2.05) is 0 Å². The highest BCUT2D eigenvalue weighted by molar-refractivity contribution is 6.00. The molecule has 0 aromatic heterocycles. The minimum absolute atomic E-state index is 0.00339. The van der Waals surface area contributed by atoms with Crippen LogP contribution in [0.3, 0.4) is 0 Å². The smallest absolute Gasteiger partial charge is 0.340 e. The second-order valence-corrected chi connectivity index (χ2v) is 4.95. The lowest BCUT2D eigenvalue weighted by molar-refractivity contribution is -0.393. The molecule has 0 saturated heterocycles. The number of carbonyl (C=O) groups excluding carboxylic acids is 1. The van der Waals surface area contributed by atoms with Crippen LogP contribution in [0, 0.1) is 20.2 Å². The van der Waals surface area contributed by atoms with Crippen molar-refractivity contribution < 1.29 is 24.1 Å². The number of methoxy groups -OCH3 is 1. The van der Waals surface area contributed by atoms with Gasteiger partial charge in [0.2, 0.25) is 0 Å². The molecule has 0 radical (unpaired) electrons. The number of nitrogens with zero attached hydrogens (tertiary/aromatic N) is 2. The van der Waals surface area contributed by atoms with Crippen molar-refractivity contribution in [3.63, 3.8) is 0 Å². The number of nitro benzene ring substituents is 2. The largest absolute Gasteiger partial charge is 0.495 e. The normalized spacial score (nSPS) is 10.1. The number of esters is 1. The second-order valence-electron chi connectivity index (χ2n) is 4.95. The molecule has 0 aliphatic heterocycles. The number of nitro groups is 2. The van der Waals surface area contributed by atoms with Gasteiger partial charge in [-0.1, -0.05) is 12.1 Å². The van der Waals surface area contributed by atoms with Gasteiger partial charge >= 0.3 is 5.97 Å². The lowest BCUT2D eigenvalue weighted by atomic mass is 10.1. The van der Waals surface area contributed by atoms with Crippen molar-refractivity contribution in [1.82, 2.24) is 0 Å². The standard InChI is InChI=1S/C16H15N3O7/c1-3-26-16(20)11-8-10(18(21)22)9-13(19(23)24)15(11)17-12-6-4-5-7-14(12)25-2/h4-9,17H,3H2,1-2H3. The molecule has 0 aliphatic carbocycles. The van der Waals surface area contributed by atoms with Crippen LogP contribution in [-0.4, -0.2) is 29.5 Å². The summed E-state index contributed by atoms with van der Waals surface area (Å²) in [7, 11) is 1.41. The van der Waals surface area contributed by atoms with Crippen LogP contribution in [0.5, 0.6) is 5.75 Å². The van der Waals surface area contributed by atoms with E-state index in [0.717, 1.165) is 12.1 Å². The monoisotopic (exact) mass is 361 g/mol. The van der Waals surface area contributed by atoms with Gasteiger partial charge in [0, 0.05) is 6.07 Å². The highest BCUT2D eigenvalue weighted by atomic mass is 16.6. The van der Waals surface area contributed by atoms with Gasteiger partial charge < -0.3 is 14.8 Å². The van der Waals surface area contributed by atoms with Gasteiger partial charge in [0.25, 0.3) is 11.4 Å². The van der Waals surface area contributed by atoms with Crippen LogP contribution in [0.25, 0.3) is 0 Å². The van der Waals surface area contributed by atoms with Gasteiger partial charge in [0.05, 0.1) is 40.9 Å². The molecule has 2 rings (SSSR count). The molecule has 2 aromatic rings. The topological polar surface area (TPSA) is 134 Å². The Hall–Kier alpha value is -3.69. The van der Waals surface area contributed by atoms with E-state index < -0.39 is 27.2 Å². The molecule has 1 N–H and O–H groups in total. The molecule has 136 valence electrons. The van der Waals surface area contributed by atoms with E-state index in [2.05, 4.69) is 5.32 Å². The third-order valence-corrected chi connectivity index (χ3v) is 3.37. The highest BCUT2D eigenvalue weighted by Gasteiger charge is 2.28. The van der Waals surface area contributed by atoms with Crippen LogP contribution in [0.2, 0.25) is 0 Å². The Labute approximate surface area is 147 Å². The van der Waals surface area contributed by atoms with Gasteiger partial charge in [-0.25, -0.2) is 4.79 Å². The first kappa shape index (κ1) is 18.6. The van der Waals surface area contributed by atoms with E-state index in [4.69, 9.17) is 9.47 Å². The first-order valence-electron chi connectivity index (χ1n) is 7.43. The summed E-state index contributed by atoms with van der Waals surface area (Å²) in [5.41, 5.74) is -1.42. The Morgan fingerprint density at radius 1 is 1.15 bits per heavy atom. The predicted octanol–water partition coefficient (Wildman–Crippen LogP) is 3.43. The van der Waals surface area contributed by atoms with Gasteiger partial charge in [0.1, 0.15) is 11.4 Å². The summed E-state index contributed by atoms with van der Waals surface area (Å²) in [4.78, 5) is 33.1. The molecule has 0 unspecified atom stereocenters. The lowest BCUT2D eigenvalue weighted by Gasteiger charge is -2.14. The molecule has 0 saturated carbocycles. The number of nitrogens with one attached hydrogen (secondary N) is 1. The number of ether oxygens (including phenoxy) is 2. The number of rotatable bonds is 7. The average Bonchev–Trinajstić information content (AvgIpc) is 2.61. The van der Waals surface area contributed by atoms with Gasteiger partial charge in [-0.15, -0.1) is 0 Å². The highest BCUT2D eigenvalue weighted by Crippen LogP contribution is 2.38. The summed E-state index contributed by atoms with van der Waals surface area (Å²) in [5, 5.41) is 25.3. The number of anilines is 2. The number of hydrogen-bond donors (Lipinski definition) is 1. The molecule has 10 nitrogen and oxygen atoms in total. The number of non-ortho nitro benzene ring substituents is 1. The first-order chi connectivity index (χ1) is 12.4. The molecule has 0 heterocycles. The maximum atomic E-state index is 12.2. The molecular formula is C16H15N3O7. The third kappa shape index (κ3) is 3.86. The van der Waals surface area contributed by atoms with Crippen molar-refractivity contribution in [2.45, 2.75) is 6.92 Å². The summed E-state index contributed by atoms with van der Waals surface area (Å²) >= 11 is 0. The maximum absolute atomic E-state index is 12.2. The van der Waals surface area contributed by atoms with Gasteiger partial charge in [-0.2, -0.15) is 0 Å². The van der Waals surface area contributed by atoms with Crippen LogP contribution >= 0.6 is 0 Å². The Balaban J connectivity index is 2.69. The van der Waals surface area contributed by atoms with Crippen molar-refractivity contribution in [2.24, 2.45) is 0 Å². The van der Waals surface area contributed by atoms with Gasteiger partial charge in [-0.3, -0.25) is 20.2 Å². The van der Waals surface area contributed by atoms with E-state index in [1.54, 1.807) is 31.2 Å². The molecule has 0 amide bonds. The summed E-state index contributed by atoms with van der Waals surface area (Å²) in [6, 6.07) is 8.26. The van der Waals surface area contributed by atoms with E-state index in [0.29, 0.717) is 11.4 Å². The van der Waals surface area contributed by atoms with E-state index >= 15 is 0 Å². The van der Waals surface area contributed by atoms with Crippen molar-refractivity contribution in [3.8, 4) is 5.75 Å². The zero-order valence-corrected chi connectivity index (χ0v) is 13.9. The summed E-state index contributed by atoms with van der Waals surface area (Å²) in [6.45, 7) is 1.56. The fourth-order valence-electron chi connectivity index (χ4n) is 2.25. The molecule has 0 fully saturated rings. The van der Waals surface area contributed by atoms with Crippen LogP contribution in [-0.2, 0) is 4.74 Å².